The minimum Gasteiger partial charge on any atom is -0.382 e. The molecule has 0 unspecified atom stereocenters. The molecule has 2 aromatic heterocycles. The standard InChI is InChI=1S/C24H20F5N5O2/c1-24(36,13-2-4-14(25)5-3-13)17(26)11-31-22(35)19-16(21(28)29)7-6-15(20(19)27)12-8-9-34-18(10-12)32-23(30)33-34/h2-10,17,21,36H,11H2,1H3,(H2,30,33)(H,31,35)/t17-,24+/m1/s1. The molecule has 0 saturated carbocycles. The molecule has 0 radical (unpaired) electrons. The molecule has 12 heteroatoms. The van der Waals surface area contributed by atoms with Gasteiger partial charge in [-0.15, -0.1) is 5.10 Å². The van der Waals surface area contributed by atoms with Crippen LogP contribution >= 0.6 is 0 Å². The number of pyridine rings is 1. The third-order valence-electron chi connectivity index (χ3n) is 5.78. The van der Waals surface area contributed by atoms with E-state index in [-0.39, 0.29) is 28.3 Å². The number of nitrogen functional groups attached to an aromatic ring is 1. The lowest BCUT2D eigenvalue weighted by Gasteiger charge is -2.28. The van der Waals surface area contributed by atoms with Crippen LogP contribution in [0.4, 0.5) is 27.9 Å². The summed E-state index contributed by atoms with van der Waals surface area (Å²) in [4.78, 5) is 16.7. The Hall–Kier alpha value is -4.06. The van der Waals surface area contributed by atoms with Crippen LogP contribution in [-0.2, 0) is 5.60 Å². The minimum absolute atomic E-state index is 0.0246. The Kier molecular flexibility index (Phi) is 6.63. The maximum atomic E-state index is 15.5. The molecule has 4 aromatic rings. The summed E-state index contributed by atoms with van der Waals surface area (Å²) in [6.45, 7) is 0.275. The minimum atomic E-state index is -3.20. The van der Waals surface area contributed by atoms with Crippen molar-refractivity contribution in [1.82, 2.24) is 19.9 Å². The van der Waals surface area contributed by atoms with Gasteiger partial charge in [-0.05, 0) is 42.3 Å². The molecular weight excluding hydrogens is 485 g/mol. The number of nitrogens with one attached hydrogen (secondary N) is 1. The van der Waals surface area contributed by atoms with E-state index in [1.807, 2.05) is 0 Å². The third-order valence-corrected chi connectivity index (χ3v) is 5.78. The first-order valence-electron chi connectivity index (χ1n) is 10.6. The summed E-state index contributed by atoms with van der Waals surface area (Å²) < 4.78 is 72.1. The van der Waals surface area contributed by atoms with Gasteiger partial charge in [-0.1, -0.05) is 24.3 Å². The first-order valence-corrected chi connectivity index (χ1v) is 10.6. The van der Waals surface area contributed by atoms with Gasteiger partial charge in [0.1, 0.15) is 23.4 Å². The van der Waals surface area contributed by atoms with Gasteiger partial charge in [0.15, 0.2) is 5.65 Å². The summed E-state index contributed by atoms with van der Waals surface area (Å²) in [6.07, 6.45) is -3.90. The predicted molar refractivity (Wildman–Crippen MR) is 121 cm³/mol. The van der Waals surface area contributed by atoms with Crippen molar-refractivity contribution in [3.05, 3.63) is 83.1 Å². The van der Waals surface area contributed by atoms with E-state index in [4.69, 9.17) is 5.73 Å². The summed E-state index contributed by atoms with van der Waals surface area (Å²) in [7, 11) is 0. The Labute approximate surface area is 201 Å². The fourth-order valence-corrected chi connectivity index (χ4v) is 3.73. The van der Waals surface area contributed by atoms with Gasteiger partial charge < -0.3 is 16.2 Å². The number of carbonyl (C=O) groups is 1. The first-order chi connectivity index (χ1) is 17.0. The summed E-state index contributed by atoms with van der Waals surface area (Å²) in [5.41, 5.74) is 1.86. The highest BCUT2D eigenvalue weighted by atomic mass is 19.3. The number of anilines is 1. The zero-order valence-corrected chi connectivity index (χ0v) is 18.7. The number of hydrogen-bond donors (Lipinski definition) is 3. The number of aliphatic hydroxyl groups is 1. The molecule has 7 nitrogen and oxygen atoms in total. The average Bonchev–Trinajstić information content (AvgIpc) is 3.21. The van der Waals surface area contributed by atoms with Crippen LogP contribution in [0, 0.1) is 11.6 Å². The van der Waals surface area contributed by atoms with Gasteiger partial charge in [-0.3, -0.25) is 4.79 Å². The van der Waals surface area contributed by atoms with Crippen molar-refractivity contribution in [3.8, 4) is 11.1 Å². The average molecular weight is 505 g/mol. The quantitative estimate of drug-likeness (QED) is 0.327. The maximum Gasteiger partial charge on any atom is 0.264 e. The third kappa shape index (κ3) is 4.71. The van der Waals surface area contributed by atoms with Crippen LogP contribution in [0.25, 0.3) is 16.8 Å². The lowest BCUT2D eigenvalue weighted by Crippen LogP contribution is -2.42. The smallest absolute Gasteiger partial charge is 0.264 e. The Morgan fingerprint density at radius 3 is 2.50 bits per heavy atom. The molecule has 2 aromatic carbocycles. The monoisotopic (exact) mass is 505 g/mol. The largest absolute Gasteiger partial charge is 0.382 e. The highest BCUT2D eigenvalue weighted by Crippen LogP contribution is 2.33. The van der Waals surface area contributed by atoms with E-state index < -0.39 is 53.4 Å². The van der Waals surface area contributed by atoms with Crippen LogP contribution in [0.3, 0.4) is 0 Å². The van der Waals surface area contributed by atoms with Crippen molar-refractivity contribution in [3.63, 3.8) is 0 Å². The molecule has 0 fully saturated rings. The molecule has 0 saturated heterocycles. The number of aromatic nitrogens is 3. The lowest BCUT2D eigenvalue weighted by atomic mass is 9.91. The van der Waals surface area contributed by atoms with Gasteiger partial charge in [0.25, 0.3) is 12.3 Å². The van der Waals surface area contributed by atoms with Gasteiger partial charge >= 0.3 is 0 Å². The second-order valence-electron chi connectivity index (χ2n) is 8.21. The highest BCUT2D eigenvalue weighted by molar-refractivity contribution is 5.97. The van der Waals surface area contributed by atoms with Gasteiger partial charge in [0, 0.05) is 17.3 Å². The van der Waals surface area contributed by atoms with Crippen LogP contribution in [-0.4, -0.2) is 38.3 Å². The SMILES string of the molecule is C[C@](O)(c1ccc(F)cc1)[C@H](F)CNC(=O)c1c(C(F)F)ccc(-c2ccn3nc(N)nc3c2)c1F. The van der Waals surface area contributed by atoms with Crippen LogP contribution in [0.1, 0.15) is 34.8 Å². The number of hydrogen-bond acceptors (Lipinski definition) is 5. The molecule has 2 heterocycles. The second-order valence-corrected chi connectivity index (χ2v) is 8.21. The molecular formula is C24H20F5N5O2. The molecule has 4 rings (SSSR count). The van der Waals surface area contributed by atoms with E-state index in [9.17, 15) is 27.5 Å². The maximum absolute atomic E-state index is 15.5. The Balaban J connectivity index is 1.62. The van der Waals surface area contributed by atoms with Crippen LogP contribution < -0.4 is 11.1 Å². The number of halogens is 5. The molecule has 36 heavy (non-hydrogen) atoms. The van der Waals surface area contributed by atoms with Crippen LogP contribution in [0.5, 0.6) is 0 Å². The Bertz CT molecular complexity index is 1420. The van der Waals surface area contributed by atoms with Crippen molar-refractivity contribution in [2.75, 3.05) is 12.3 Å². The molecule has 0 aliphatic heterocycles. The topological polar surface area (TPSA) is 106 Å². The number of nitrogens with zero attached hydrogens (tertiary/aromatic N) is 3. The van der Waals surface area contributed by atoms with E-state index >= 15 is 4.39 Å². The van der Waals surface area contributed by atoms with E-state index in [0.29, 0.717) is 0 Å². The molecule has 0 aliphatic rings. The number of benzene rings is 2. The van der Waals surface area contributed by atoms with Gasteiger partial charge in [0.05, 0.1) is 12.1 Å². The molecule has 0 spiro atoms. The lowest BCUT2D eigenvalue weighted by molar-refractivity contribution is -0.0230. The van der Waals surface area contributed by atoms with Gasteiger partial charge in [-0.2, -0.15) is 4.98 Å². The zero-order chi connectivity index (χ0) is 26.2. The summed E-state index contributed by atoms with van der Waals surface area (Å²) in [5, 5.41) is 16.5. The number of nitrogens with two attached hydrogens (primary N) is 1. The first kappa shape index (κ1) is 25.0. The Morgan fingerprint density at radius 1 is 1.14 bits per heavy atom. The fraction of sp³-hybridized carbons (Fsp3) is 0.208. The van der Waals surface area contributed by atoms with E-state index in [0.717, 1.165) is 31.2 Å². The molecule has 2 atom stereocenters. The molecule has 4 N–H and O–H groups in total. The van der Waals surface area contributed by atoms with Crippen LogP contribution in [0.2, 0.25) is 0 Å². The van der Waals surface area contributed by atoms with Crippen molar-refractivity contribution < 1.29 is 31.9 Å². The second kappa shape index (κ2) is 9.53. The van der Waals surface area contributed by atoms with Crippen molar-refractivity contribution in [2.45, 2.75) is 25.1 Å². The number of fused-ring (bicyclic) bond motifs is 1. The molecule has 0 aliphatic carbocycles. The Morgan fingerprint density at radius 2 is 1.83 bits per heavy atom. The van der Waals surface area contributed by atoms with Crippen molar-refractivity contribution in [2.24, 2.45) is 0 Å². The van der Waals surface area contributed by atoms with Gasteiger partial charge in [-0.25, -0.2) is 26.5 Å². The summed E-state index contributed by atoms with van der Waals surface area (Å²) >= 11 is 0. The number of amides is 1. The normalized spacial score (nSPS) is 14.1. The number of carbonyl (C=O) groups excluding carboxylic acids is 1. The number of alkyl halides is 3. The number of rotatable bonds is 7. The van der Waals surface area contributed by atoms with Crippen molar-refractivity contribution >= 4 is 17.5 Å². The van der Waals surface area contributed by atoms with E-state index in [2.05, 4.69) is 15.4 Å². The van der Waals surface area contributed by atoms with Gasteiger partial charge in [0.2, 0.25) is 5.95 Å². The molecule has 1 amide bonds. The zero-order valence-electron chi connectivity index (χ0n) is 18.7. The van der Waals surface area contributed by atoms with E-state index in [1.54, 1.807) is 0 Å². The highest BCUT2D eigenvalue weighted by Gasteiger charge is 2.35. The molecule has 188 valence electrons. The predicted octanol–water partition coefficient (Wildman–Crippen LogP) is 4.17. The summed E-state index contributed by atoms with van der Waals surface area (Å²) in [5.74, 6) is -3.17. The van der Waals surface area contributed by atoms with E-state index in [1.165, 1.54) is 35.0 Å². The van der Waals surface area contributed by atoms with Crippen molar-refractivity contribution in [1.29, 1.82) is 0 Å². The molecule has 0 bridgehead atoms. The van der Waals surface area contributed by atoms with Crippen LogP contribution in [0.15, 0.2) is 54.7 Å². The fourth-order valence-electron chi connectivity index (χ4n) is 3.73. The summed E-state index contributed by atoms with van der Waals surface area (Å²) in [6, 6.07) is 9.22.